The molecule has 1 aliphatic rings. The van der Waals surface area contributed by atoms with Crippen molar-refractivity contribution in [3.63, 3.8) is 0 Å². The summed E-state index contributed by atoms with van der Waals surface area (Å²) in [6.45, 7) is 4.91. The Morgan fingerprint density at radius 3 is 2.40 bits per heavy atom. The van der Waals surface area contributed by atoms with E-state index >= 15 is 0 Å². The number of carbonyl (C=O) groups excluding carboxylic acids is 3. The molecule has 9 nitrogen and oxygen atoms in total. The van der Waals surface area contributed by atoms with Crippen molar-refractivity contribution in [1.29, 1.82) is 0 Å². The van der Waals surface area contributed by atoms with Gasteiger partial charge in [-0.15, -0.1) is 0 Å². The van der Waals surface area contributed by atoms with Gasteiger partial charge in [0.15, 0.2) is 0 Å². The van der Waals surface area contributed by atoms with E-state index < -0.39 is 23.8 Å². The van der Waals surface area contributed by atoms with Crippen LogP contribution in [0.1, 0.15) is 25.8 Å². The summed E-state index contributed by atoms with van der Waals surface area (Å²) >= 11 is 0. The van der Waals surface area contributed by atoms with Crippen molar-refractivity contribution in [3.8, 4) is 5.75 Å². The van der Waals surface area contributed by atoms with Gasteiger partial charge >= 0.3 is 6.09 Å². The van der Waals surface area contributed by atoms with Crippen molar-refractivity contribution < 1.29 is 29.1 Å². The third-order valence-electron chi connectivity index (χ3n) is 5.82. The molecule has 1 saturated heterocycles. The van der Waals surface area contributed by atoms with Crippen LogP contribution in [-0.2, 0) is 20.7 Å². The number of hydroxylamine groups is 1. The van der Waals surface area contributed by atoms with Gasteiger partial charge in [-0.2, -0.15) is 0 Å². The topological polar surface area (TPSA) is 117 Å². The molecule has 1 heterocycles. The van der Waals surface area contributed by atoms with E-state index in [1.54, 1.807) is 29.7 Å². The summed E-state index contributed by atoms with van der Waals surface area (Å²) in [6.07, 6.45) is 0.523. The average molecular weight is 484 g/mol. The predicted molar refractivity (Wildman–Crippen MR) is 130 cm³/mol. The maximum atomic E-state index is 13.0. The van der Waals surface area contributed by atoms with E-state index in [9.17, 15) is 19.6 Å². The van der Waals surface area contributed by atoms with Crippen LogP contribution in [0.2, 0.25) is 0 Å². The van der Waals surface area contributed by atoms with Crippen molar-refractivity contribution in [2.75, 3.05) is 31.6 Å². The zero-order valence-electron chi connectivity index (χ0n) is 20.1. The molecule has 2 aromatic carbocycles. The Bertz CT molecular complexity index is 980. The number of nitrogens with zero attached hydrogens (tertiary/aromatic N) is 1. The Morgan fingerprint density at radius 2 is 1.74 bits per heavy atom. The number of hydrogen-bond acceptors (Lipinski definition) is 6. The fraction of sp³-hybridized carbons (Fsp3) is 0.423. The van der Waals surface area contributed by atoms with Crippen LogP contribution < -0.4 is 15.5 Å². The summed E-state index contributed by atoms with van der Waals surface area (Å²) in [6, 6.07) is 17.0. The minimum absolute atomic E-state index is 0.0183. The quantitative estimate of drug-likeness (QED) is 0.371. The standard InChI is InChI=1S/C26H33N3O6/c1-18(2)17-35-26(32)29-14-12-22(23(16-29)25(31)28-33)24(30)27-20-8-10-21(11-9-20)34-15-13-19-6-4-3-5-7-19/h3-11,18,22-23,33H,12-17H2,1-2H3,(H,27,30)(H,28,31). The molecule has 0 aromatic heterocycles. The molecule has 2 atom stereocenters. The van der Waals surface area contributed by atoms with Crippen molar-refractivity contribution in [3.05, 3.63) is 60.2 Å². The highest BCUT2D eigenvalue weighted by Crippen LogP contribution is 2.27. The van der Waals surface area contributed by atoms with E-state index in [4.69, 9.17) is 9.47 Å². The number of anilines is 1. The van der Waals surface area contributed by atoms with Gasteiger partial charge in [0.05, 0.1) is 25.0 Å². The number of hydrogen-bond donors (Lipinski definition) is 3. The van der Waals surface area contributed by atoms with Crippen molar-refractivity contribution in [1.82, 2.24) is 10.4 Å². The van der Waals surface area contributed by atoms with E-state index in [1.165, 1.54) is 10.5 Å². The molecule has 1 aliphatic heterocycles. The minimum atomic E-state index is -0.902. The summed E-state index contributed by atoms with van der Waals surface area (Å²) in [7, 11) is 0. The first kappa shape index (κ1) is 26.0. The van der Waals surface area contributed by atoms with Crippen LogP contribution in [0.3, 0.4) is 0 Å². The lowest BCUT2D eigenvalue weighted by atomic mass is 9.84. The van der Waals surface area contributed by atoms with Crippen LogP contribution in [0.4, 0.5) is 10.5 Å². The van der Waals surface area contributed by atoms with E-state index in [0.717, 1.165) is 6.42 Å². The first-order valence-electron chi connectivity index (χ1n) is 11.8. The van der Waals surface area contributed by atoms with Gasteiger partial charge in [0.1, 0.15) is 5.75 Å². The Kier molecular flexibility index (Phi) is 9.48. The molecular formula is C26H33N3O6. The molecule has 0 aliphatic carbocycles. The molecule has 9 heteroatoms. The van der Waals surface area contributed by atoms with Gasteiger partial charge in [-0.3, -0.25) is 14.8 Å². The highest BCUT2D eigenvalue weighted by Gasteiger charge is 2.40. The molecule has 2 unspecified atom stereocenters. The number of carbonyl (C=O) groups is 3. The summed E-state index contributed by atoms with van der Waals surface area (Å²) in [4.78, 5) is 39.0. The molecule has 3 N–H and O–H groups in total. The maximum absolute atomic E-state index is 13.0. The Hall–Kier alpha value is -3.59. The lowest BCUT2D eigenvalue weighted by molar-refractivity contribution is -0.141. The second kappa shape index (κ2) is 12.8. The zero-order valence-corrected chi connectivity index (χ0v) is 20.1. The van der Waals surface area contributed by atoms with Crippen LogP contribution in [0.25, 0.3) is 0 Å². The Morgan fingerprint density at radius 1 is 1.03 bits per heavy atom. The molecule has 3 amide bonds. The summed E-state index contributed by atoms with van der Waals surface area (Å²) in [5.74, 6) is -1.82. The third kappa shape index (κ3) is 7.71. The zero-order chi connectivity index (χ0) is 25.2. The maximum Gasteiger partial charge on any atom is 0.409 e. The van der Waals surface area contributed by atoms with E-state index in [-0.39, 0.29) is 37.9 Å². The van der Waals surface area contributed by atoms with Gasteiger partial charge in [0.25, 0.3) is 0 Å². The molecule has 0 spiro atoms. The number of nitrogens with one attached hydrogen (secondary N) is 2. The van der Waals surface area contributed by atoms with E-state index in [1.807, 2.05) is 44.2 Å². The third-order valence-corrected chi connectivity index (χ3v) is 5.82. The van der Waals surface area contributed by atoms with E-state index in [2.05, 4.69) is 5.32 Å². The molecule has 0 radical (unpaired) electrons. The second-order valence-corrected chi connectivity index (χ2v) is 8.99. The molecule has 1 fully saturated rings. The smallest absolute Gasteiger partial charge is 0.409 e. The van der Waals surface area contributed by atoms with Gasteiger partial charge in [-0.25, -0.2) is 10.3 Å². The normalized spacial score (nSPS) is 17.5. The van der Waals surface area contributed by atoms with Crippen LogP contribution in [-0.4, -0.2) is 54.3 Å². The monoisotopic (exact) mass is 483 g/mol. The molecule has 2 aromatic rings. The van der Waals surface area contributed by atoms with Crippen LogP contribution >= 0.6 is 0 Å². The van der Waals surface area contributed by atoms with E-state index in [0.29, 0.717) is 18.0 Å². The van der Waals surface area contributed by atoms with Crippen molar-refractivity contribution >= 4 is 23.6 Å². The van der Waals surface area contributed by atoms with Crippen molar-refractivity contribution in [2.24, 2.45) is 17.8 Å². The van der Waals surface area contributed by atoms with Crippen LogP contribution in [0.5, 0.6) is 5.75 Å². The van der Waals surface area contributed by atoms with Crippen LogP contribution in [0, 0.1) is 17.8 Å². The lowest BCUT2D eigenvalue weighted by Gasteiger charge is -2.36. The summed E-state index contributed by atoms with van der Waals surface area (Å²) < 4.78 is 11.0. The fourth-order valence-electron chi connectivity index (χ4n) is 3.91. The second-order valence-electron chi connectivity index (χ2n) is 8.99. The first-order valence-corrected chi connectivity index (χ1v) is 11.8. The summed E-state index contributed by atoms with van der Waals surface area (Å²) in [5, 5.41) is 12.0. The van der Waals surface area contributed by atoms with Crippen molar-refractivity contribution in [2.45, 2.75) is 26.7 Å². The predicted octanol–water partition coefficient (Wildman–Crippen LogP) is 3.48. The molecule has 35 heavy (non-hydrogen) atoms. The minimum Gasteiger partial charge on any atom is -0.493 e. The molecule has 0 bridgehead atoms. The van der Waals surface area contributed by atoms with Gasteiger partial charge < -0.3 is 19.7 Å². The highest BCUT2D eigenvalue weighted by molar-refractivity contribution is 5.96. The van der Waals surface area contributed by atoms with Gasteiger partial charge in [-0.05, 0) is 42.2 Å². The Balaban J connectivity index is 1.54. The molecular weight excluding hydrogens is 450 g/mol. The number of benzene rings is 2. The van der Waals surface area contributed by atoms with Crippen LogP contribution in [0.15, 0.2) is 54.6 Å². The lowest BCUT2D eigenvalue weighted by Crippen LogP contribution is -2.52. The number of piperidine rings is 1. The number of likely N-dealkylation sites (tertiary alicyclic amines) is 1. The number of rotatable bonds is 9. The average Bonchev–Trinajstić information content (AvgIpc) is 2.88. The SMILES string of the molecule is CC(C)COC(=O)N1CCC(C(=O)Nc2ccc(OCCc3ccccc3)cc2)C(C(=O)NO)C1. The van der Waals surface area contributed by atoms with Gasteiger partial charge in [-0.1, -0.05) is 44.2 Å². The van der Waals surface area contributed by atoms with Gasteiger partial charge in [0.2, 0.25) is 11.8 Å². The largest absolute Gasteiger partial charge is 0.493 e. The molecule has 3 rings (SSSR count). The molecule has 188 valence electrons. The first-order chi connectivity index (χ1) is 16.9. The Labute approximate surface area is 205 Å². The highest BCUT2D eigenvalue weighted by atomic mass is 16.6. The van der Waals surface area contributed by atoms with Gasteiger partial charge in [0, 0.05) is 25.2 Å². The fourth-order valence-corrected chi connectivity index (χ4v) is 3.91. The number of amides is 3. The molecule has 0 saturated carbocycles. The number of ether oxygens (including phenoxy) is 2. The summed E-state index contributed by atoms with van der Waals surface area (Å²) in [5.41, 5.74) is 3.37.